The Morgan fingerprint density at radius 1 is 1.36 bits per heavy atom. The molecule has 0 aromatic heterocycles. The summed E-state index contributed by atoms with van der Waals surface area (Å²) in [5, 5.41) is 0. The van der Waals surface area contributed by atoms with Gasteiger partial charge in [0.25, 0.3) is 0 Å². The smallest absolute Gasteiger partial charge is 0.179 e. The van der Waals surface area contributed by atoms with E-state index in [0.717, 1.165) is 4.47 Å². The lowest BCUT2D eigenvalue weighted by Crippen LogP contribution is -2.15. The highest BCUT2D eigenvalue weighted by molar-refractivity contribution is 9.10. The number of sulfone groups is 1. The van der Waals surface area contributed by atoms with Gasteiger partial charge in [0, 0.05) is 11.0 Å². The van der Waals surface area contributed by atoms with Gasteiger partial charge in [-0.05, 0) is 18.2 Å². The van der Waals surface area contributed by atoms with E-state index >= 15 is 0 Å². The Labute approximate surface area is 98.1 Å². The van der Waals surface area contributed by atoms with Gasteiger partial charge < -0.3 is 5.73 Å². The van der Waals surface area contributed by atoms with Crippen molar-refractivity contribution >= 4 is 38.2 Å². The van der Waals surface area contributed by atoms with Crippen LogP contribution in [0, 0.1) is 0 Å². The van der Waals surface area contributed by atoms with Crippen molar-refractivity contribution in [2.45, 2.75) is 4.90 Å². The zero-order chi connectivity index (χ0) is 9.90. The molecule has 0 aliphatic carbocycles. The van der Waals surface area contributed by atoms with Gasteiger partial charge >= 0.3 is 0 Å². The lowest BCUT2D eigenvalue weighted by atomic mass is 10.4. The van der Waals surface area contributed by atoms with Crippen LogP contribution in [0.25, 0.3) is 0 Å². The minimum atomic E-state index is -3.19. The number of hydrogen-bond donors (Lipinski definition) is 1. The van der Waals surface area contributed by atoms with Crippen molar-refractivity contribution in [3.05, 3.63) is 28.7 Å². The molecule has 0 spiro atoms. The fraction of sp³-hybridized carbons (Fsp3) is 0.250. The largest absolute Gasteiger partial charge is 0.329 e. The number of rotatable bonds is 3. The molecule has 0 amide bonds. The molecule has 80 valence electrons. The molecule has 0 fully saturated rings. The Morgan fingerprint density at radius 2 is 2.00 bits per heavy atom. The lowest BCUT2D eigenvalue weighted by Gasteiger charge is -2.02. The fourth-order valence-corrected chi connectivity index (χ4v) is 2.62. The van der Waals surface area contributed by atoms with E-state index in [4.69, 9.17) is 5.73 Å². The van der Waals surface area contributed by atoms with E-state index in [1.54, 1.807) is 24.3 Å². The molecule has 1 rings (SSSR count). The molecule has 0 aliphatic rings. The average Bonchev–Trinajstić information content (AvgIpc) is 2.04. The molecular formula is C8H11BrClNO2S. The molecule has 0 bridgehead atoms. The van der Waals surface area contributed by atoms with Crippen molar-refractivity contribution in [3.8, 4) is 0 Å². The molecule has 0 radical (unpaired) electrons. The van der Waals surface area contributed by atoms with Crippen LogP contribution in [0.5, 0.6) is 0 Å². The third kappa shape index (κ3) is 3.57. The summed E-state index contributed by atoms with van der Waals surface area (Å²) < 4.78 is 23.7. The summed E-state index contributed by atoms with van der Waals surface area (Å²) in [5.41, 5.74) is 5.20. The van der Waals surface area contributed by atoms with E-state index in [9.17, 15) is 8.42 Å². The Kier molecular flexibility index (Phi) is 5.66. The first-order valence-electron chi connectivity index (χ1n) is 3.74. The van der Waals surface area contributed by atoms with Gasteiger partial charge in [-0.3, -0.25) is 0 Å². The average molecular weight is 301 g/mol. The van der Waals surface area contributed by atoms with E-state index in [2.05, 4.69) is 15.9 Å². The van der Waals surface area contributed by atoms with E-state index in [-0.39, 0.29) is 24.7 Å². The molecule has 0 saturated carbocycles. The highest BCUT2D eigenvalue weighted by atomic mass is 79.9. The predicted octanol–water partition coefficient (Wildman–Crippen LogP) is 1.60. The quantitative estimate of drug-likeness (QED) is 0.922. The maximum atomic E-state index is 11.5. The summed E-state index contributed by atoms with van der Waals surface area (Å²) in [6, 6.07) is 6.61. The predicted molar refractivity (Wildman–Crippen MR) is 62.5 cm³/mol. The zero-order valence-corrected chi connectivity index (χ0v) is 10.5. The van der Waals surface area contributed by atoms with Gasteiger partial charge in [0.15, 0.2) is 9.84 Å². The van der Waals surface area contributed by atoms with Gasteiger partial charge in [-0.1, -0.05) is 22.0 Å². The number of benzene rings is 1. The molecule has 3 nitrogen and oxygen atoms in total. The second-order valence-electron chi connectivity index (χ2n) is 2.56. The topological polar surface area (TPSA) is 60.2 Å². The zero-order valence-electron chi connectivity index (χ0n) is 7.31. The van der Waals surface area contributed by atoms with Gasteiger partial charge in [-0.2, -0.15) is 0 Å². The molecule has 14 heavy (non-hydrogen) atoms. The van der Waals surface area contributed by atoms with Crippen molar-refractivity contribution in [1.82, 2.24) is 0 Å². The molecule has 0 heterocycles. The summed E-state index contributed by atoms with van der Waals surface area (Å²) >= 11 is 3.21. The second-order valence-corrected chi connectivity index (χ2v) is 5.59. The molecule has 2 N–H and O–H groups in total. The van der Waals surface area contributed by atoms with Crippen LogP contribution in [-0.2, 0) is 9.84 Å². The molecule has 0 unspecified atom stereocenters. The highest BCUT2D eigenvalue weighted by Gasteiger charge is 2.12. The van der Waals surface area contributed by atoms with Gasteiger partial charge in [-0.15, -0.1) is 12.4 Å². The van der Waals surface area contributed by atoms with Crippen LogP contribution in [0.15, 0.2) is 33.6 Å². The molecule has 1 aromatic carbocycles. The summed E-state index contributed by atoms with van der Waals surface area (Å²) in [7, 11) is -3.19. The van der Waals surface area contributed by atoms with E-state index in [1.165, 1.54) is 0 Å². The van der Waals surface area contributed by atoms with Gasteiger partial charge in [0.05, 0.1) is 10.6 Å². The molecule has 0 atom stereocenters. The van der Waals surface area contributed by atoms with Crippen molar-refractivity contribution in [2.24, 2.45) is 5.73 Å². The lowest BCUT2D eigenvalue weighted by molar-refractivity contribution is 0.596. The monoisotopic (exact) mass is 299 g/mol. The molecular weight excluding hydrogens is 290 g/mol. The molecule has 1 aromatic rings. The van der Waals surface area contributed by atoms with Crippen LogP contribution < -0.4 is 5.73 Å². The number of halogens is 2. The Morgan fingerprint density at radius 3 is 2.50 bits per heavy atom. The molecule has 0 aliphatic heterocycles. The Hall–Kier alpha value is -0.100. The van der Waals surface area contributed by atoms with Crippen molar-refractivity contribution in [1.29, 1.82) is 0 Å². The fourth-order valence-electron chi connectivity index (χ4n) is 0.933. The van der Waals surface area contributed by atoms with Crippen molar-refractivity contribution in [3.63, 3.8) is 0 Å². The summed E-state index contributed by atoms with van der Waals surface area (Å²) in [6.07, 6.45) is 0. The molecule has 6 heteroatoms. The first-order chi connectivity index (χ1) is 6.06. The Bertz CT molecular complexity index is 394. The number of hydrogen-bond acceptors (Lipinski definition) is 3. The number of nitrogens with two attached hydrogens (primary N) is 1. The minimum absolute atomic E-state index is 0. The van der Waals surface area contributed by atoms with E-state index < -0.39 is 9.84 Å². The minimum Gasteiger partial charge on any atom is -0.329 e. The first kappa shape index (κ1) is 13.9. The standard InChI is InChI=1S/C8H10BrNO2S.ClH/c9-7-2-1-3-8(6-7)13(11,12)5-4-10;/h1-3,6H,4-5,10H2;1H. The third-order valence-electron chi connectivity index (χ3n) is 1.54. The van der Waals surface area contributed by atoms with Gasteiger partial charge in [-0.25, -0.2) is 8.42 Å². The van der Waals surface area contributed by atoms with E-state index in [0.29, 0.717) is 4.90 Å². The SMILES string of the molecule is Cl.NCCS(=O)(=O)c1cccc(Br)c1. The van der Waals surface area contributed by atoms with Crippen LogP contribution in [-0.4, -0.2) is 20.7 Å². The summed E-state index contributed by atoms with van der Waals surface area (Å²) in [4.78, 5) is 0.312. The highest BCUT2D eigenvalue weighted by Crippen LogP contribution is 2.16. The normalized spacial score (nSPS) is 10.7. The van der Waals surface area contributed by atoms with Crippen LogP contribution in [0.2, 0.25) is 0 Å². The third-order valence-corrected chi connectivity index (χ3v) is 3.78. The second kappa shape index (κ2) is 5.70. The van der Waals surface area contributed by atoms with Crippen LogP contribution in [0.3, 0.4) is 0 Å². The Balaban J connectivity index is 0.00000169. The van der Waals surface area contributed by atoms with E-state index in [1.807, 2.05) is 0 Å². The summed E-state index contributed by atoms with van der Waals surface area (Å²) in [6.45, 7) is 0.148. The van der Waals surface area contributed by atoms with Crippen molar-refractivity contribution in [2.75, 3.05) is 12.3 Å². The maximum absolute atomic E-state index is 11.5. The van der Waals surface area contributed by atoms with Gasteiger partial charge in [0.2, 0.25) is 0 Å². The molecule has 0 saturated heterocycles. The first-order valence-corrected chi connectivity index (χ1v) is 6.19. The van der Waals surface area contributed by atoms with Gasteiger partial charge in [0.1, 0.15) is 0 Å². The van der Waals surface area contributed by atoms with Crippen LogP contribution >= 0.6 is 28.3 Å². The van der Waals surface area contributed by atoms with Crippen LogP contribution in [0.4, 0.5) is 0 Å². The maximum Gasteiger partial charge on any atom is 0.179 e. The summed E-state index contributed by atoms with van der Waals surface area (Å²) in [5.74, 6) is -0.0105. The van der Waals surface area contributed by atoms with Crippen LogP contribution in [0.1, 0.15) is 0 Å². The van der Waals surface area contributed by atoms with Crippen molar-refractivity contribution < 1.29 is 8.42 Å².